The number of fused-ring (bicyclic) bond motifs is 1. The number of nitrogens with zero attached hydrogens (tertiary/aromatic N) is 1. The highest BCUT2D eigenvalue weighted by Crippen LogP contribution is 2.29. The van der Waals surface area contributed by atoms with Crippen molar-refractivity contribution in [1.29, 1.82) is 0 Å². The van der Waals surface area contributed by atoms with Crippen molar-refractivity contribution in [2.45, 2.75) is 0 Å². The molecular formula is C24H21N3O3. The van der Waals surface area contributed by atoms with Gasteiger partial charge in [-0.05, 0) is 41.8 Å². The number of carbonyl (C=O) groups is 1. The van der Waals surface area contributed by atoms with Gasteiger partial charge < -0.3 is 20.1 Å². The maximum absolute atomic E-state index is 13.0. The Labute approximate surface area is 174 Å². The van der Waals surface area contributed by atoms with Crippen LogP contribution in [0.4, 0.5) is 17.2 Å². The van der Waals surface area contributed by atoms with Crippen molar-refractivity contribution in [2.75, 3.05) is 24.9 Å². The van der Waals surface area contributed by atoms with Crippen LogP contribution in [0.2, 0.25) is 0 Å². The molecule has 0 unspecified atom stereocenters. The summed E-state index contributed by atoms with van der Waals surface area (Å²) in [6.07, 6.45) is 1.58. The Morgan fingerprint density at radius 3 is 2.27 bits per heavy atom. The highest BCUT2D eigenvalue weighted by atomic mass is 16.5. The summed E-state index contributed by atoms with van der Waals surface area (Å²) in [4.78, 5) is 17.5. The van der Waals surface area contributed by atoms with Gasteiger partial charge in [-0.25, -0.2) is 4.98 Å². The van der Waals surface area contributed by atoms with Crippen LogP contribution in [0.1, 0.15) is 10.4 Å². The molecule has 0 bridgehead atoms. The van der Waals surface area contributed by atoms with Crippen LogP contribution in [-0.4, -0.2) is 25.1 Å². The number of rotatable bonds is 6. The number of amides is 1. The molecule has 3 aromatic carbocycles. The topological polar surface area (TPSA) is 72.5 Å². The molecular weight excluding hydrogens is 378 g/mol. The van der Waals surface area contributed by atoms with Gasteiger partial charge in [-0.1, -0.05) is 36.4 Å². The molecule has 0 aliphatic rings. The lowest BCUT2D eigenvalue weighted by molar-refractivity contribution is 0.102. The Hall–Kier alpha value is -4.06. The van der Waals surface area contributed by atoms with Crippen molar-refractivity contribution < 1.29 is 14.3 Å². The van der Waals surface area contributed by atoms with E-state index in [1.54, 1.807) is 32.5 Å². The third-order valence-corrected chi connectivity index (χ3v) is 4.75. The highest BCUT2D eigenvalue weighted by molar-refractivity contribution is 6.14. The van der Waals surface area contributed by atoms with Crippen LogP contribution in [0.5, 0.6) is 11.5 Å². The SMILES string of the molecule is COc1ccc(Nc2ncc(C(=O)Nc3ccccc3OC)c3ccccc23)cc1. The zero-order chi connectivity index (χ0) is 20.9. The molecule has 4 aromatic rings. The number of anilines is 3. The molecule has 0 aliphatic carbocycles. The molecule has 1 aromatic heterocycles. The van der Waals surface area contributed by atoms with E-state index in [-0.39, 0.29) is 5.91 Å². The van der Waals surface area contributed by atoms with Gasteiger partial charge in [0, 0.05) is 17.3 Å². The molecule has 0 radical (unpaired) electrons. The van der Waals surface area contributed by atoms with Gasteiger partial charge in [-0.15, -0.1) is 0 Å². The van der Waals surface area contributed by atoms with Crippen molar-refractivity contribution in [3.8, 4) is 11.5 Å². The molecule has 0 atom stereocenters. The van der Waals surface area contributed by atoms with Gasteiger partial charge >= 0.3 is 0 Å². The fourth-order valence-corrected chi connectivity index (χ4v) is 3.22. The van der Waals surface area contributed by atoms with Gasteiger partial charge in [0.25, 0.3) is 5.91 Å². The summed E-state index contributed by atoms with van der Waals surface area (Å²) >= 11 is 0. The maximum atomic E-state index is 13.0. The van der Waals surface area contributed by atoms with Crippen LogP contribution in [0.15, 0.2) is 79.0 Å². The number of hydrogen-bond acceptors (Lipinski definition) is 5. The molecule has 6 heteroatoms. The second-order valence-corrected chi connectivity index (χ2v) is 6.57. The second-order valence-electron chi connectivity index (χ2n) is 6.57. The van der Waals surface area contributed by atoms with Gasteiger partial charge in [-0.2, -0.15) is 0 Å². The average Bonchev–Trinajstić information content (AvgIpc) is 2.80. The first-order valence-corrected chi connectivity index (χ1v) is 9.43. The lowest BCUT2D eigenvalue weighted by Crippen LogP contribution is -2.14. The summed E-state index contributed by atoms with van der Waals surface area (Å²) in [6.45, 7) is 0. The molecule has 0 saturated carbocycles. The monoisotopic (exact) mass is 399 g/mol. The third kappa shape index (κ3) is 3.89. The largest absolute Gasteiger partial charge is 0.497 e. The predicted octanol–water partition coefficient (Wildman–Crippen LogP) is 5.25. The van der Waals surface area contributed by atoms with Crippen molar-refractivity contribution in [3.63, 3.8) is 0 Å². The number of ether oxygens (including phenoxy) is 2. The zero-order valence-electron chi connectivity index (χ0n) is 16.7. The van der Waals surface area contributed by atoms with E-state index in [4.69, 9.17) is 9.47 Å². The van der Waals surface area contributed by atoms with Crippen LogP contribution in [-0.2, 0) is 0 Å². The number of hydrogen-bond donors (Lipinski definition) is 2. The Kier molecular flexibility index (Phi) is 5.48. The Morgan fingerprint density at radius 2 is 1.53 bits per heavy atom. The minimum atomic E-state index is -0.251. The fraction of sp³-hybridized carbons (Fsp3) is 0.0833. The summed E-state index contributed by atoms with van der Waals surface area (Å²) in [5.41, 5.74) is 1.96. The van der Waals surface area contributed by atoms with Crippen LogP contribution in [0, 0.1) is 0 Å². The van der Waals surface area contributed by atoms with Crippen LogP contribution in [0.3, 0.4) is 0 Å². The minimum Gasteiger partial charge on any atom is -0.497 e. The molecule has 150 valence electrons. The molecule has 1 heterocycles. The van der Waals surface area contributed by atoms with Crippen molar-refractivity contribution >= 4 is 33.9 Å². The zero-order valence-corrected chi connectivity index (χ0v) is 16.7. The number of carbonyl (C=O) groups excluding carboxylic acids is 1. The predicted molar refractivity (Wildman–Crippen MR) is 119 cm³/mol. The quantitative estimate of drug-likeness (QED) is 0.463. The highest BCUT2D eigenvalue weighted by Gasteiger charge is 2.15. The molecule has 0 spiro atoms. The standard InChI is InChI=1S/C24H21N3O3/c1-29-17-13-11-16(12-14-17)26-23-19-8-4-3-7-18(19)20(15-25-23)24(28)27-21-9-5-6-10-22(21)30-2/h3-15H,1-2H3,(H,25,26)(H,27,28). The van der Waals surface area contributed by atoms with Crippen LogP contribution < -0.4 is 20.1 Å². The van der Waals surface area contributed by atoms with Gasteiger partial charge in [0.05, 0.1) is 25.5 Å². The number of pyridine rings is 1. The van der Waals surface area contributed by atoms with Gasteiger partial charge in [-0.3, -0.25) is 4.79 Å². The molecule has 0 saturated heterocycles. The smallest absolute Gasteiger partial charge is 0.257 e. The number of methoxy groups -OCH3 is 2. The first-order valence-electron chi connectivity index (χ1n) is 9.43. The van der Waals surface area contributed by atoms with Crippen molar-refractivity contribution in [3.05, 3.63) is 84.6 Å². The Bertz CT molecular complexity index is 1190. The molecule has 0 fully saturated rings. The average molecular weight is 399 g/mol. The first-order chi connectivity index (χ1) is 14.7. The maximum Gasteiger partial charge on any atom is 0.257 e. The number of nitrogens with one attached hydrogen (secondary N) is 2. The van der Waals surface area contributed by atoms with Gasteiger partial charge in [0.2, 0.25) is 0 Å². The second kappa shape index (κ2) is 8.53. The first kappa shape index (κ1) is 19.3. The Balaban J connectivity index is 1.67. The normalized spacial score (nSPS) is 10.5. The molecule has 6 nitrogen and oxygen atoms in total. The summed E-state index contributed by atoms with van der Waals surface area (Å²) in [5, 5.41) is 7.88. The van der Waals surface area contributed by atoms with Crippen LogP contribution >= 0.6 is 0 Å². The number of benzene rings is 3. The summed E-state index contributed by atoms with van der Waals surface area (Å²) in [6, 6.07) is 22.5. The van der Waals surface area contributed by atoms with E-state index in [1.165, 1.54) is 0 Å². The van der Waals surface area contributed by atoms with Crippen molar-refractivity contribution in [2.24, 2.45) is 0 Å². The molecule has 4 rings (SSSR count). The van der Waals surface area contributed by atoms with Gasteiger partial charge in [0.15, 0.2) is 0 Å². The van der Waals surface area contributed by atoms with E-state index in [0.717, 1.165) is 22.2 Å². The van der Waals surface area contributed by atoms with Crippen LogP contribution in [0.25, 0.3) is 10.8 Å². The molecule has 2 N–H and O–H groups in total. The number of aromatic nitrogens is 1. The molecule has 30 heavy (non-hydrogen) atoms. The van der Waals surface area contributed by atoms with E-state index in [9.17, 15) is 4.79 Å². The van der Waals surface area contributed by atoms with E-state index >= 15 is 0 Å². The van der Waals surface area contributed by atoms with E-state index in [1.807, 2.05) is 60.7 Å². The van der Waals surface area contributed by atoms with E-state index in [2.05, 4.69) is 15.6 Å². The summed E-state index contributed by atoms with van der Waals surface area (Å²) in [7, 11) is 3.20. The Morgan fingerprint density at radius 1 is 0.833 bits per heavy atom. The third-order valence-electron chi connectivity index (χ3n) is 4.75. The molecule has 1 amide bonds. The van der Waals surface area contributed by atoms with E-state index in [0.29, 0.717) is 22.8 Å². The lowest BCUT2D eigenvalue weighted by atomic mass is 10.1. The number of para-hydroxylation sites is 2. The van der Waals surface area contributed by atoms with Gasteiger partial charge in [0.1, 0.15) is 17.3 Å². The van der Waals surface area contributed by atoms with Crippen molar-refractivity contribution in [1.82, 2.24) is 4.98 Å². The fourth-order valence-electron chi connectivity index (χ4n) is 3.22. The summed E-state index contributed by atoms with van der Waals surface area (Å²) in [5.74, 6) is 1.80. The summed E-state index contributed by atoms with van der Waals surface area (Å²) < 4.78 is 10.5. The van der Waals surface area contributed by atoms with E-state index < -0.39 is 0 Å². The molecule has 0 aliphatic heterocycles. The lowest BCUT2D eigenvalue weighted by Gasteiger charge is -2.14. The minimum absolute atomic E-state index is 0.251.